The Kier molecular flexibility index (Phi) is 4.26. The fourth-order valence-electron chi connectivity index (χ4n) is 2.70. The molecule has 2 rings (SSSR count). The van der Waals surface area contributed by atoms with Gasteiger partial charge in [0.15, 0.2) is 0 Å². The van der Waals surface area contributed by atoms with Crippen LogP contribution >= 0.6 is 0 Å². The van der Waals surface area contributed by atoms with Crippen LogP contribution in [0, 0.1) is 11.2 Å². The van der Waals surface area contributed by atoms with Gasteiger partial charge in [-0.3, -0.25) is 0 Å². The second kappa shape index (κ2) is 5.59. The van der Waals surface area contributed by atoms with Gasteiger partial charge >= 0.3 is 0 Å². The lowest BCUT2D eigenvalue weighted by Crippen LogP contribution is -2.45. The molecular weight excluding hydrogens is 241 g/mol. The standard InChI is InChI=1S/C16H24FNO/c1-11-15(12-6-5-7-13(17)10-12)19-9-8-14(18-11)16(2,3)4/h5-7,10-11,14-15,18H,8-9H2,1-4H3. The zero-order valence-electron chi connectivity index (χ0n) is 12.2. The van der Waals surface area contributed by atoms with Crippen molar-refractivity contribution in [3.05, 3.63) is 35.6 Å². The lowest BCUT2D eigenvalue weighted by molar-refractivity contribution is 0.0458. The van der Waals surface area contributed by atoms with Crippen molar-refractivity contribution >= 4 is 0 Å². The number of benzene rings is 1. The molecule has 0 spiro atoms. The van der Waals surface area contributed by atoms with Crippen LogP contribution in [0.1, 0.15) is 45.8 Å². The molecule has 0 bridgehead atoms. The zero-order valence-corrected chi connectivity index (χ0v) is 12.2. The normalized spacial score (nSPS) is 29.0. The first kappa shape index (κ1) is 14.5. The second-order valence-corrected chi connectivity index (χ2v) is 6.51. The van der Waals surface area contributed by atoms with Crippen LogP contribution < -0.4 is 5.32 Å². The predicted molar refractivity (Wildman–Crippen MR) is 75.6 cm³/mol. The summed E-state index contributed by atoms with van der Waals surface area (Å²) in [7, 11) is 0. The van der Waals surface area contributed by atoms with Crippen molar-refractivity contribution in [3.8, 4) is 0 Å². The van der Waals surface area contributed by atoms with Gasteiger partial charge in [-0.25, -0.2) is 4.39 Å². The summed E-state index contributed by atoms with van der Waals surface area (Å²) in [6.45, 7) is 9.53. The summed E-state index contributed by atoms with van der Waals surface area (Å²) in [5.74, 6) is -0.204. The van der Waals surface area contributed by atoms with E-state index >= 15 is 0 Å². The number of rotatable bonds is 1. The molecule has 1 aromatic rings. The van der Waals surface area contributed by atoms with Gasteiger partial charge in [0.2, 0.25) is 0 Å². The van der Waals surface area contributed by atoms with Crippen LogP contribution in [0.4, 0.5) is 4.39 Å². The zero-order chi connectivity index (χ0) is 14.0. The summed E-state index contributed by atoms with van der Waals surface area (Å²) < 4.78 is 19.3. The van der Waals surface area contributed by atoms with Crippen LogP contribution in [0.5, 0.6) is 0 Å². The third-order valence-electron chi connectivity index (χ3n) is 3.84. The van der Waals surface area contributed by atoms with E-state index in [0.717, 1.165) is 12.0 Å². The quantitative estimate of drug-likeness (QED) is 0.836. The monoisotopic (exact) mass is 265 g/mol. The highest BCUT2D eigenvalue weighted by Gasteiger charge is 2.32. The van der Waals surface area contributed by atoms with Crippen molar-refractivity contribution in [2.24, 2.45) is 5.41 Å². The average molecular weight is 265 g/mol. The summed E-state index contributed by atoms with van der Waals surface area (Å²) in [6.07, 6.45) is 0.905. The van der Waals surface area contributed by atoms with Crippen LogP contribution in [0.25, 0.3) is 0 Å². The maximum atomic E-state index is 13.3. The molecule has 3 heteroatoms. The van der Waals surface area contributed by atoms with E-state index in [2.05, 4.69) is 33.0 Å². The molecule has 106 valence electrons. The fourth-order valence-corrected chi connectivity index (χ4v) is 2.70. The van der Waals surface area contributed by atoms with Crippen molar-refractivity contribution < 1.29 is 9.13 Å². The Hall–Kier alpha value is -0.930. The van der Waals surface area contributed by atoms with Gasteiger partial charge in [-0.2, -0.15) is 0 Å². The van der Waals surface area contributed by atoms with Crippen LogP contribution in [0.2, 0.25) is 0 Å². The summed E-state index contributed by atoms with van der Waals surface area (Å²) in [4.78, 5) is 0. The molecule has 1 aromatic carbocycles. The summed E-state index contributed by atoms with van der Waals surface area (Å²) >= 11 is 0. The van der Waals surface area contributed by atoms with Crippen molar-refractivity contribution in [2.75, 3.05) is 6.61 Å². The minimum Gasteiger partial charge on any atom is -0.372 e. The van der Waals surface area contributed by atoms with Gasteiger partial charge in [0, 0.05) is 18.7 Å². The van der Waals surface area contributed by atoms with Gasteiger partial charge < -0.3 is 10.1 Å². The Morgan fingerprint density at radius 2 is 2.05 bits per heavy atom. The maximum Gasteiger partial charge on any atom is 0.123 e. The van der Waals surface area contributed by atoms with Gasteiger partial charge in [0.05, 0.1) is 6.10 Å². The van der Waals surface area contributed by atoms with Crippen molar-refractivity contribution in [3.63, 3.8) is 0 Å². The largest absolute Gasteiger partial charge is 0.372 e. The maximum absolute atomic E-state index is 13.3. The molecular formula is C16H24FNO. The topological polar surface area (TPSA) is 21.3 Å². The molecule has 0 aliphatic carbocycles. The number of hydrogen-bond donors (Lipinski definition) is 1. The van der Waals surface area contributed by atoms with Gasteiger partial charge in [-0.1, -0.05) is 32.9 Å². The van der Waals surface area contributed by atoms with Crippen LogP contribution in [-0.2, 0) is 4.74 Å². The lowest BCUT2D eigenvalue weighted by Gasteiger charge is -2.33. The molecule has 2 nitrogen and oxygen atoms in total. The van der Waals surface area contributed by atoms with Crippen molar-refractivity contribution in [1.29, 1.82) is 0 Å². The smallest absolute Gasteiger partial charge is 0.123 e. The van der Waals surface area contributed by atoms with Crippen LogP contribution in [0.15, 0.2) is 24.3 Å². The highest BCUT2D eigenvalue weighted by molar-refractivity contribution is 5.20. The van der Waals surface area contributed by atoms with E-state index in [1.807, 2.05) is 6.07 Å². The fraction of sp³-hybridized carbons (Fsp3) is 0.625. The molecule has 3 unspecified atom stereocenters. The molecule has 1 N–H and O–H groups in total. The van der Waals surface area contributed by atoms with Gasteiger partial charge in [-0.05, 0) is 36.5 Å². The van der Waals surface area contributed by atoms with E-state index < -0.39 is 0 Å². The first-order valence-electron chi connectivity index (χ1n) is 7.01. The molecule has 0 saturated carbocycles. The molecule has 19 heavy (non-hydrogen) atoms. The molecule has 1 heterocycles. The molecule has 0 aromatic heterocycles. The molecule has 1 fully saturated rings. The summed E-state index contributed by atoms with van der Waals surface area (Å²) in [6, 6.07) is 7.31. The highest BCUT2D eigenvalue weighted by atomic mass is 19.1. The first-order chi connectivity index (χ1) is 8.88. The lowest BCUT2D eigenvalue weighted by atomic mass is 9.84. The third kappa shape index (κ3) is 3.54. The molecule has 3 atom stereocenters. The van der Waals surface area contributed by atoms with E-state index in [-0.39, 0.29) is 23.4 Å². The number of halogens is 1. The van der Waals surface area contributed by atoms with Gasteiger partial charge in [0.1, 0.15) is 5.82 Å². The predicted octanol–water partition coefficient (Wildman–Crippen LogP) is 3.68. The number of hydrogen-bond acceptors (Lipinski definition) is 2. The van der Waals surface area contributed by atoms with Crippen LogP contribution in [-0.4, -0.2) is 18.7 Å². The highest BCUT2D eigenvalue weighted by Crippen LogP contribution is 2.30. The summed E-state index contributed by atoms with van der Waals surface area (Å²) in [5.41, 5.74) is 1.11. The van der Waals surface area contributed by atoms with Gasteiger partial charge in [0.25, 0.3) is 0 Å². The number of ether oxygens (including phenoxy) is 1. The Bertz CT molecular complexity index is 427. The summed E-state index contributed by atoms with van der Waals surface area (Å²) in [5, 5.41) is 3.64. The molecule has 0 radical (unpaired) electrons. The minimum absolute atomic E-state index is 0.0805. The van der Waals surface area contributed by atoms with Gasteiger partial charge in [-0.15, -0.1) is 0 Å². The van der Waals surface area contributed by atoms with Crippen LogP contribution in [0.3, 0.4) is 0 Å². The van der Waals surface area contributed by atoms with Crippen molar-refractivity contribution in [2.45, 2.75) is 52.3 Å². The van der Waals surface area contributed by atoms with Crippen molar-refractivity contribution in [1.82, 2.24) is 5.32 Å². The van der Waals surface area contributed by atoms with E-state index in [4.69, 9.17) is 4.74 Å². The SMILES string of the molecule is CC1NC(C(C)(C)C)CCOC1c1cccc(F)c1. The second-order valence-electron chi connectivity index (χ2n) is 6.51. The Balaban J connectivity index is 2.16. The Labute approximate surface area is 115 Å². The molecule has 0 amide bonds. The molecule has 1 aliphatic heterocycles. The van der Waals surface area contributed by atoms with E-state index in [0.29, 0.717) is 12.6 Å². The Morgan fingerprint density at radius 1 is 1.32 bits per heavy atom. The molecule has 1 aliphatic rings. The van der Waals surface area contributed by atoms with E-state index in [1.165, 1.54) is 6.07 Å². The van der Waals surface area contributed by atoms with E-state index in [1.54, 1.807) is 12.1 Å². The molecule has 1 saturated heterocycles. The first-order valence-corrected chi connectivity index (χ1v) is 7.01. The average Bonchev–Trinajstić information content (AvgIpc) is 2.50. The van der Waals surface area contributed by atoms with E-state index in [9.17, 15) is 4.39 Å². The Morgan fingerprint density at radius 3 is 2.68 bits per heavy atom. The minimum atomic E-state index is -0.204. The number of nitrogens with one attached hydrogen (secondary N) is 1. The third-order valence-corrected chi connectivity index (χ3v) is 3.84.